The summed E-state index contributed by atoms with van der Waals surface area (Å²) in [7, 11) is 3.47. The third kappa shape index (κ3) is 6.18. The van der Waals surface area contributed by atoms with Gasteiger partial charge in [-0.1, -0.05) is 32.9 Å². The van der Waals surface area contributed by atoms with E-state index in [1.165, 1.54) is 5.56 Å². The predicted octanol–water partition coefficient (Wildman–Crippen LogP) is 3.73. The van der Waals surface area contributed by atoms with E-state index in [-0.39, 0.29) is 0 Å². The second kappa shape index (κ2) is 10.3. The van der Waals surface area contributed by atoms with Gasteiger partial charge in [-0.15, -0.1) is 0 Å². The first kappa shape index (κ1) is 17.4. The van der Waals surface area contributed by atoms with Crippen molar-refractivity contribution in [2.45, 2.75) is 34.1 Å². The number of hydrogen-bond donors (Lipinski definition) is 0. The molecule has 0 aliphatic heterocycles. The maximum absolute atomic E-state index is 5.72. The minimum absolute atomic E-state index is 0.458. The van der Waals surface area contributed by atoms with E-state index in [1.807, 2.05) is 19.9 Å². The van der Waals surface area contributed by atoms with Crippen LogP contribution in [0.2, 0.25) is 0 Å². The summed E-state index contributed by atoms with van der Waals surface area (Å²) < 4.78 is 5.72. The monoisotopic (exact) mass is 262 g/mol. The fraction of sp³-hybridized carbons (Fsp3) is 0.500. The van der Waals surface area contributed by atoms with Gasteiger partial charge in [-0.3, -0.25) is 9.98 Å². The van der Waals surface area contributed by atoms with Gasteiger partial charge in [0.05, 0.1) is 5.71 Å². The summed E-state index contributed by atoms with van der Waals surface area (Å²) in [5.41, 5.74) is 3.33. The molecule has 0 fully saturated rings. The van der Waals surface area contributed by atoms with Crippen LogP contribution in [0.15, 0.2) is 28.2 Å². The zero-order valence-corrected chi connectivity index (χ0v) is 13.0. The Bertz CT molecular complexity index is 423. The van der Waals surface area contributed by atoms with Crippen LogP contribution in [-0.2, 0) is 6.42 Å². The average Bonchev–Trinajstić information content (AvgIpc) is 2.46. The summed E-state index contributed by atoms with van der Waals surface area (Å²) >= 11 is 0. The fourth-order valence-corrected chi connectivity index (χ4v) is 1.55. The van der Waals surface area contributed by atoms with E-state index < -0.39 is 0 Å². The Hall–Kier alpha value is -1.64. The van der Waals surface area contributed by atoms with Crippen LogP contribution in [0.25, 0.3) is 0 Å². The molecule has 0 saturated carbocycles. The van der Waals surface area contributed by atoms with Gasteiger partial charge in [-0.2, -0.15) is 0 Å². The van der Waals surface area contributed by atoms with Crippen LogP contribution in [0.5, 0.6) is 5.75 Å². The summed E-state index contributed by atoms with van der Waals surface area (Å²) in [6.07, 6.45) is 2.76. The Morgan fingerprint density at radius 1 is 1.26 bits per heavy atom. The van der Waals surface area contributed by atoms with Crippen LogP contribution in [-0.4, -0.2) is 32.6 Å². The summed E-state index contributed by atoms with van der Waals surface area (Å²) in [5.74, 6) is 0.910. The van der Waals surface area contributed by atoms with Gasteiger partial charge in [-0.25, -0.2) is 0 Å². The maximum Gasteiger partial charge on any atom is 0.131 e. The van der Waals surface area contributed by atoms with Gasteiger partial charge in [0.2, 0.25) is 0 Å². The molecule has 1 aromatic carbocycles. The topological polar surface area (TPSA) is 34.0 Å². The molecule has 3 nitrogen and oxygen atoms in total. The van der Waals surface area contributed by atoms with Crippen molar-refractivity contribution >= 4 is 11.9 Å². The van der Waals surface area contributed by atoms with Crippen LogP contribution >= 0.6 is 0 Å². The quantitative estimate of drug-likeness (QED) is 0.744. The van der Waals surface area contributed by atoms with Crippen LogP contribution in [0.3, 0.4) is 0 Å². The van der Waals surface area contributed by atoms with Crippen molar-refractivity contribution in [3.05, 3.63) is 29.3 Å². The van der Waals surface area contributed by atoms with E-state index in [9.17, 15) is 0 Å². The van der Waals surface area contributed by atoms with E-state index in [0.717, 1.165) is 23.4 Å². The number of benzene rings is 1. The molecule has 1 aromatic rings. The summed E-state index contributed by atoms with van der Waals surface area (Å²) in [4.78, 5) is 8.03. The molecule has 0 atom stereocenters. The molecule has 0 bridgehead atoms. The van der Waals surface area contributed by atoms with E-state index in [1.54, 1.807) is 20.3 Å². The highest BCUT2D eigenvalue weighted by atomic mass is 16.5. The van der Waals surface area contributed by atoms with Crippen LogP contribution in [0.4, 0.5) is 0 Å². The normalized spacial score (nSPS) is 11.2. The van der Waals surface area contributed by atoms with Crippen molar-refractivity contribution in [2.24, 2.45) is 9.98 Å². The fourth-order valence-electron chi connectivity index (χ4n) is 1.55. The first-order valence-electron chi connectivity index (χ1n) is 6.81. The SMILES string of the molecule is CC.CCc1ccc(OCC(C=NC)=NC)c(C)c1. The number of aryl methyl sites for hydroxylation is 2. The number of rotatable bonds is 5. The van der Waals surface area contributed by atoms with Crippen LogP contribution in [0, 0.1) is 6.92 Å². The lowest BCUT2D eigenvalue weighted by Gasteiger charge is -2.09. The van der Waals surface area contributed by atoms with Crippen molar-refractivity contribution in [3.63, 3.8) is 0 Å². The molecule has 0 aliphatic rings. The van der Waals surface area contributed by atoms with E-state index in [2.05, 4.69) is 36.0 Å². The van der Waals surface area contributed by atoms with Crippen LogP contribution in [0.1, 0.15) is 31.9 Å². The Kier molecular flexibility index (Phi) is 9.41. The van der Waals surface area contributed by atoms with Gasteiger partial charge < -0.3 is 4.74 Å². The second-order valence-electron chi connectivity index (χ2n) is 3.84. The van der Waals surface area contributed by atoms with E-state index >= 15 is 0 Å². The standard InChI is InChI=1S/C14H20N2O.C2H6/c1-5-12-6-7-14(11(2)8-12)17-10-13(16-4)9-15-3;1-2/h6-9H,5,10H2,1-4H3;1-2H3. The van der Waals surface area contributed by atoms with Crippen molar-refractivity contribution < 1.29 is 4.74 Å². The summed E-state index contributed by atoms with van der Waals surface area (Å²) in [5, 5.41) is 0. The van der Waals surface area contributed by atoms with Gasteiger partial charge in [0, 0.05) is 20.3 Å². The molecule has 19 heavy (non-hydrogen) atoms. The molecule has 0 spiro atoms. The molecule has 106 valence electrons. The smallest absolute Gasteiger partial charge is 0.131 e. The predicted molar refractivity (Wildman–Crippen MR) is 85.2 cm³/mol. The minimum Gasteiger partial charge on any atom is -0.487 e. The Labute approximate surface area is 117 Å². The Morgan fingerprint density at radius 3 is 2.42 bits per heavy atom. The zero-order valence-electron chi connectivity index (χ0n) is 13.0. The van der Waals surface area contributed by atoms with E-state index in [0.29, 0.717) is 6.61 Å². The third-order valence-corrected chi connectivity index (χ3v) is 2.59. The highest BCUT2D eigenvalue weighted by Gasteiger charge is 2.02. The number of aliphatic imine (C=N–C) groups is 2. The third-order valence-electron chi connectivity index (χ3n) is 2.59. The second-order valence-corrected chi connectivity index (χ2v) is 3.84. The Morgan fingerprint density at radius 2 is 1.95 bits per heavy atom. The maximum atomic E-state index is 5.72. The molecule has 0 aromatic heterocycles. The Balaban J connectivity index is 0.00000154. The zero-order chi connectivity index (χ0) is 14.7. The first-order valence-corrected chi connectivity index (χ1v) is 6.81. The number of ether oxygens (including phenoxy) is 1. The molecule has 3 heteroatoms. The van der Waals surface area contributed by atoms with Gasteiger partial charge in [0.1, 0.15) is 12.4 Å². The molecule has 0 saturated heterocycles. The van der Waals surface area contributed by atoms with Gasteiger partial charge in [0.25, 0.3) is 0 Å². The van der Waals surface area contributed by atoms with Crippen molar-refractivity contribution in [1.29, 1.82) is 0 Å². The van der Waals surface area contributed by atoms with Gasteiger partial charge >= 0.3 is 0 Å². The largest absolute Gasteiger partial charge is 0.487 e. The molecule has 0 unspecified atom stereocenters. The highest BCUT2D eigenvalue weighted by molar-refractivity contribution is 6.31. The number of nitrogens with zero attached hydrogens (tertiary/aromatic N) is 2. The van der Waals surface area contributed by atoms with Crippen molar-refractivity contribution in [3.8, 4) is 5.75 Å². The van der Waals surface area contributed by atoms with Crippen molar-refractivity contribution in [1.82, 2.24) is 0 Å². The molecule has 0 heterocycles. The highest BCUT2D eigenvalue weighted by Crippen LogP contribution is 2.19. The number of hydrogen-bond acceptors (Lipinski definition) is 3. The lowest BCUT2D eigenvalue weighted by molar-refractivity contribution is 0.375. The molecule has 0 amide bonds. The van der Waals surface area contributed by atoms with Crippen LogP contribution < -0.4 is 4.74 Å². The molecule has 0 N–H and O–H groups in total. The lowest BCUT2D eigenvalue weighted by atomic mass is 10.1. The molecular weight excluding hydrogens is 236 g/mol. The molecule has 1 rings (SSSR count). The van der Waals surface area contributed by atoms with Gasteiger partial charge in [-0.05, 0) is 30.5 Å². The molecule has 0 aliphatic carbocycles. The van der Waals surface area contributed by atoms with E-state index in [4.69, 9.17) is 4.74 Å². The summed E-state index contributed by atoms with van der Waals surface area (Å²) in [6.45, 7) is 8.67. The first-order chi connectivity index (χ1) is 9.21. The molecule has 0 radical (unpaired) electrons. The summed E-state index contributed by atoms with van der Waals surface area (Å²) in [6, 6.07) is 6.27. The molecular formula is C16H26N2O. The average molecular weight is 262 g/mol. The van der Waals surface area contributed by atoms with Crippen molar-refractivity contribution in [2.75, 3.05) is 20.7 Å². The van der Waals surface area contributed by atoms with Gasteiger partial charge in [0.15, 0.2) is 0 Å². The minimum atomic E-state index is 0.458. The lowest BCUT2D eigenvalue weighted by Crippen LogP contribution is -2.13.